The van der Waals surface area contributed by atoms with E-state index in [0.29, 0.717) is 23.0 Å². The van der Waals surface area contributed by atoms with E-state index in [4.69, 9.17) is 0 Å². The molecule has 7 heteroatoms. The highest BCUT2D eigenvalue weighted by molar-refractivity contribution is 6.06. The largest absolute Gasteiger partial charge is 0.343 e. The van der Waals surface area contributed by atoms with Gasteiger partial charge in [0.2, 0.25) is 0 Å². The number of amides is 3. The van der Waals surface area contributed by atoms with E-state index in [1.165, 1.54) is 10.5 Å². The molecule has 0 saturated carbocycles. The molecule has 0 spiro atoms. The third kappa shape index (κ3) is 4.17. The molecular weight excluding hydrogens is 318 g/mol. The lowest BCUT2D eigenvalue weighted by atomic mass is 10.0. The van der Waals surface area contributed by atoms with Crippen LogP contribution < -0.4 is 10.6 Å². The van der Waals surface area contributed by atoms with E-state index in [0.717, 1.165) is 0 Å². The molecule has 1 aromatic heterocycles. The van der Waals surface area contributed by atoms with Crippen molar-refractivity contribution in [2.45, 2.75) is 26.7 Å². The van der Waals surface area contributed by atoms with Crippen molar-refractivity contribution in [3.63, 3.8) is 0 Å². The lowest BCUT2D eigenvalue weighted by Crippen LogP contribution is -2.25. The predicted octanol–water partition coefficient (Wildman–Crippen LogP) is 3.20. The summed E-state index contributed by atoms with van der Waals surface area (Å²) in [6, 6.07) is 7.27. The molecule has 0 atom stereocenters. The number of benzene rings is 1. The third-order valence-electron chi connectivity index (χ3n) is 4.02. The quantitative estimate of drug-likeness (QED) is 0.895. The number of nitrogens with zero attached hydrogens (tertiary/aromatic N) is 3. The number of urea groups is 1. The van der Waals surface area contributed by atoms with E-state index in [1.54, 1.807) is 32.7 Å². The first-order valence-electron chi connectivity index (χ1n) is 8.14. The van der Waals surface area contributed by atoms with Crippen LogP contribution in [0.2, 0.25) is 0 Å². The normalized spacial score (nSPS) is 10.7. The molecule has 0 radical (unpaired) electrons. The minimum atomic E-state index is -0.416. The summed E-state index contributed by atoms with van der Waals surface area (Å²) in [5.41, 5.74) is 3.22. The van der Waals surface area contributed by atoms with Crippen LogP contribution in [-0.2, 0) is 7.05 Å². The summed E-state index contributed by atoms with van der Waals surface area (Å²) in [6.07, 6.45) is 0. The van der Waals surface area contributed by atoms with Gasteiger partial charge in [-0.25, -0.2) is 4.79 Å². The van der Waals surface area contributed by atoms with Crippen LogP contribution in [0.25, 0.3) is 0 Å². The van der Waals surface area contributed by atoms with Crippen LogP contribution in [0.15, 0.2) is 24.3 Å². The van der Waals surface area contributed by atoms with Crippen LogP contribution in [0.1, 0.15) is 41.5 Å². The summed E-state index contributed by atoms with van der Waals surface area (Å²) in [5, 5.41) is 9.72. The second-order valence-electron chi connectivity index (χ2n) is 6.49. The molecule has 7 nitrogen and oxygen atoms in total. The smallest absolute Gasteiger partial charge is 0.323 e. The van der Waals surface area contributed by atoms with E-state index in [-0.39, 0.29) is 11.6 Å². The number of nitrogens with one attached hydrogen (secondary N) is 2. The average molecular weight is 343 g/mol. The molecule has 0 aliphatic carbocycles. The Balaban J connectivity index is 2.16. The van der Waals surface area contributed by atoms with Crippen LogP contribution in [0.5, 0.6) is 0 Å². The van der Waals surface area contributed by atoms with Crippen molar-refractivity contribution in [3.05, 3.63) is 41.2 Å². The number of aromatic nitrogens is 2. The summed E-state index contributed by atoms with van der Waals surface area (Å²) in [4.78, 5) is 26.0. The summed E-state index contributed by atoms with van der Waals surface area (Å²) < 4.78 is 1.57. The zero-order valence-corrected chi connectivity index (χ0v) is 15.5. The second-order valence-corrected chi connectivity index (χ2v) is 6.49. The zero-order chi connectivity index (χ0) is 18.7. The number of carbonyl (C=O) groups is 2. The van der Waals surface area contributed by atoms with Crippen LogP contribution in [0, 0.1) is 6.92 Å². The number of aryl methyl sites for hydroxylation is 1. The number of hydrogen-bond donors (Lipinski definition) is 2. The topological polar surface area (TPSA) is 79.3 Å². The van der Waals surface area contributed by atoms with Crippen molar-refractivity contribution < 1.29 is 9.59 Å². The van der Waals surface area contributed by atoms with Gasteiger partial charge in [-0.05, 0) is 30.5 Å². The van der Waals surface area contributed by atoms with Crippen molar-refractivity contribution in [1.29, 1.82) is 0 Å². The van der Waals surface area contributed by atoms with Gasteiger partial charge in [-0.1, -0.05) is 26.0 Å². The van der Waals surface area contributed by atoms with Gasteiger partial charge in [0.15, 0.2) is 5.69 Å². The summed E-state index contributed by atoms with van der Waals surface area (Å²) in [7, 11) is 5.02. The minimum absolute atomic E-state index is 0.218. The summed E-state index contributed by atoms with van der Waals surface area (Å²) >= 11 is 0. The molecule has 2 aromatic rings. The Bertz CT molecular complexity index is 776. The van der Waals surface area contributed by atoms with Crippen molar-refractivity contribution >= 4 is 23.3 Å². The fraction of sp³-hybridized carbons (Fsp3) is 0.389. The molecule has 3 amide bonds. The van der Waals surface area contributed by atoms with E-state index in [2.05, 4.69) is 29.6 Å². The molecule has 2 rings (SSSR count). The third-order valence-corrected chi connectivity index (χ3v) is 4.02. The lowest BCUT2D eigenvalue weighted by Gasteiger charge is -2.12. The minimum Gasteiger partial charge on any atom is -0.343 e. The van der Waals surface area contributed by atoms with Gasteiger partial charge in [-0.15, -0.1) is 0 Å². The van der Waals surface area contributed by atoms with Gasteiger partial charge in [-0.2, -0.15) is 5.10 Å². The molecule has 0 unspecified atom stereocenters. The van der Waals surface area contributed by atoms with Crippen LogP contribution >= 0.6 is 0 Å². The molecule has 134 valence electrons. The van der Waals surface area contributed by atoms with Crippen molar-refractivity contribution in [3.8, 4) is 0 Å². The lowest BCUT2D eigenvalue weighted by molar-refractivity contribution is 0.0822. The van der Waals surface area contributed by atoms with Crippen molar-refractivity contribution in [1.82, 2.24) is 14.7 Å². The van der Waals surface area contributed by atoms with Gasteiger partial charge in [-0.3, -0.25) is 9.48 Å². The maximum absolute atomic E-state index is 12.3. The SMILES string of the molecule is Cc1c(NC(=O)Nc2ccc(C(C)C)cc2)c(C(=O)N(C)C)nn1C. The molecule has 2 N–H and O–H groups in total. The maximum Gasteiger partial charge on any atom is 0.323 e. The molecule has 0 bridgehead atoms. The Morgan fingerprint density at radius 3 is 2.24 bits per heavy atom. The Morgan fingerprint density at radius 2 is 1.72 bits per heavy atom. The van der Waals surface area contributed by atoms with Gasteiger partial charge in [0.1, 0.15) is 0 Å². The van der Waals surface area contributed by atoms with Crippen LogP contribution in [0.3, 0.4) is 0 Å². The van der Waals surface area contributed by atoms with E-state index in [1.807, 2.05) is 24.3 Å². The fourth-order valence-corrected chi connectivity index (χ4v) is 2.35. The standard InChI is InChI=1S/C18H25N5O2/c1-11(2)13-7-9-14(10-8-13)19-18(25)20-15-12(3)23(6)21-16(15)17(24)22(4)5/h7-11H,1-6H3,(H2,19,20,25). The predicted molar refractivity (Wildman–Crippen MR) is 99.1 cm³/mol. The number of carbonyl (C=O) groups excluding carboxylic acids is 2. The van der Waals surface area contributed by atoms with E-state index < -0.39 is 6.03 Å². The number of hydrogen-bond acceptors (Lipinski definition) is 3. The molecule has 25 heavy (non-hydrogen) atoms. The second kappa shape index (κ2) is 7.38. The fourth-order valence-electron chi connectivity index (χ4n) is 2.35. The number of anilines is 2. The molecule has 0 aliphatic rings. The van der Waals surface area contributed by atoms with Gasteiger partial charge in [0.05, 0.1) is 11.4 Å². The molecule has 0 aliphatic heterocycles. The van der Waals surface area contributed by atoms with Gasteiger partial charge >= 0.3 is 6.03 Å². The Kier molecular flexibility index (Phi) is 5.46. The first-order valence-corrected chi connectivity index (χ1v) is 8.14. The highest BCUT2D eigenvalue weighted by Gasteiger charge is 2.22. The molecule has 1 heterocycles. The van der Waals surface area contributed by atoms with Gasteiger partial charge in [0, 0.05) is 26.8 Å². The highest BCUT2D eigenvalue weighted by atomic mass is 16.2. The number of rotatable bonds is 4. The maximum atomic E-state index is 12.3. The summed E-state index contributed by atoms with van der Waals surface area (Å²) in [5.74, 6) is 0.167. The average Bonchev–Trinajstić information content (AvgIpc) is 2.82. The van der Waals surface area contributed by atoms with Crippen LogP contribution in [0.4, 0.5) is 16.2 Å². The van der Waals surface area contributed by atoms with E-state index in [9.17, 15) is 9.59 Å². The first-order chi connectivity index (χ1) is 11.7. The molecule has 0 fully saturated rings. The van der Waals surface area contributed by atoms with Crippen LogP contribution in [-0.4, -0.2) is 40.7 Å². The monoisotopic (exact) mass is 343 g/mol. The van der Waals surface area contributed by atoms with Crippen molar-refractivity contribution in [2.75, 3.05) is 24.7 Å². The molecule has 1 aromatic carbocycles. The van der Waals surface area contributed by atoms with E-state index >= 15 is 0 Å². The Labute approximate surface area is 148 Å². The molecule has 0 saturated heterocycles. The van der Waals surface area contributed by atoms with Crippen molar-refractivity contribution in [2.24, 2.45) is 7.05 Å². The molecular formula is C18H25N5O2. The zero-order valence-electron chi connectivity index (χ0n) is 15.5. The highest BCUT2D eigenvalue weighted by Crippen LogP contribution is 2.22. The van der Waals surface area contributed by atoms with Gasteiger partial charge in [0.25, 0.3) is 5.91 Å². The summed E-state index contributed by atoms with van der Waals surface area (Å²) in [6.45, 7) is 6.03. The van der Waals surface area contributed by atoms with Gasteiger partial charge < -0.3 is 15.5 Å². The first kappa shape index (κ1) is 18.5. The Morgan fingerprint density at radius 1 is 1.12 bits per heavy atom. The Hall–Kier alpha value is -2.83.